The molecule has 0 aromatic rings. The van der Waals surface area contributed by atoms with Crippen LogP contribution in [0.1, 0.15) is 400 Å². The SMILES string of the molecule is CCCCCCCCCCCCCCCCCCCCCCCCCCCCCCCCCCCCCC(=O)OCC(COC(=O)CCCCCCCCCCC)OC(=O)CCCCCCCCCCCCCC. The lowest BCUT2D eigenvalue weighted by molar-refractivity contribution is -0.167. The maximum Gasteiger partial charge on any atom is 0.306 e. The van der Waals surface area contributed by atoms with Crippen LogP contribution in [0.3, 0.4) is 0 Å². The van der Waals surface area contributed by atoms with Crippen molar-refractivity contribution in [3.63, 3.8) is 0 Å². The van der Waals surface area contributed by atoms with Crippen molar-refractivity contribution in [2.75, 3.05) is 13.2 Å². The van der Waals surface area contributed by atoms with Gasteiger partial charge in [-0.25, -0.2) is 0 Å². The highest BCUT2D eigenvalue weighted by Crippen LogP contribution is 2.19. The van der Waals surface area contributed by atoms with Gasteiger partial charge < -0.3 is 14.2 Å². The van der Waals surface area contributed by atoms with Gasteiger partial charge in [0.2, 0.25) is 0 Å². The van der Waals surface area contributed by atoms with E-state index in [0.717, 1.165) is 57.8 Å². The van der Waals surface area contributed by atoms with Crippen molar-refractivity contribution >= 4 is 17.9 Å². The molecular formula is C68H132O6. The van der Waals surface area contributed by atoms with E-state index in [2.05, 4.69) is 20.8 Å². The van der Waals surface area contributed by atoms with Gasteiger partial charge in [-0.2, -0.15) is 0 Å². The first kappa shape index (κ1) is 72.4. The topological polar surface area (TPSA) is 78.9 Å². The third kappa shape index (κ3) is 61.3. The molecule has 0 aromatic heterocycles. The third-order valence-corrected chi connectivity index (χ3v) is 15.9. The van der Waals surface area contributed by atoms with Crippen LogP contribution in [0.25, 0.3) is 0 Å². The molecule has 6 heteroatoms. The monoisotopic (exact) mass is 1050 g/mol. The lowest BCUT2D eigenvalue weighted by atomic mass is 10.0. The summed E-state index contributed by atoms with van der Waals surface area (Å²) < 4.78 is 16.9. The summed E-state index contributed by atoms with van der Waals surface area (Å²) in [6.07, 6.45) is 74.6. The highest BCUT2D eigenvalue weighted by Gasteiger charge is 2.19. The smallest absolute Gasteiger partial charge is 0.306 e. The Labute approximate surface area is 463 Å². The fraction of sp³-hybridized carbons (Fsp3) is 0.956. The number of carbonyl (C=O) groups is 3. The molecule has 0 radical (unpaired) electrons. The van der Waals surface area contributed by atoms with Gasteiger partial charge in [-0.3, -0.25) is 14.4 Å². The van der Waals surface area contributed by atoms with E-state index in [1.165, 1.54) is 302 Å². The summed E-state index contributed by atoms with van der Waals surface area (Å²) in [5, 5.41) is 0. The Morgan fingerprint density at radius 1 is 0.216 bits per heavy atom. The summed E-state index contributed by atoms with van der Waals surface area (Å²) in [7, 11) is 0. The molecule has 0 aliphatic rings. The van der Waals surface area contributed by atoms with Gasteiger partial charge in [-0.1, -0.05) is 361 Å². The van der Waals surface area contributed by atoms with Crippen molar-refractivity contribution < 1.29 is 28.6 Å². The maximum atomic E-state index is 12.8. The molecule has 0 amide bonds. The first-order chi connectivity index (χ1) is 36.5. The van der Waals surface area contributed by atoms with Crippen LogP contribution in [0.15, 0.2) is 0 Å². The Kier molecular flexibility index (Phi) is 62.6. The van der Waals surface area contributed by atoms with E-state index in [4.69, 9.17) is 14.2 Å². The van der Waals surface area contributed by atoms with Crippen molar-refractivity contribution in [3.05, 3.63) is 0 Å². The summed E-state index contributed by atoms with van der Waals surface area (Å²) in [6, 6.07) is 0. The molecule has 0 N–H and O–H groups in total. The number of esters is 3. The first-order valence-corrected chi connectivity index (χ1v) is 34.0. The number of unbranched alkanes of at least 4 members (excludes halogenated alkanes) is 53. The third-order valence-electron chi connectivity index (χ3n) is 15.9. The predicted molar refractivity (Wildman–Crippen MR) is 321 cm³/mol. The quantitative estimate of drug-likeness (QED) is 0.0343. The van der Waals surface area contributed by atoms with Crippen molar-refractivity contribution in [2.24, 2.45) is 0 Å². The standard InChI is InChI=1S/C68H132O6/c1-4-7-10-13-16-19-21-23-24-25-26-27-28-29-30-31-32-33-34-35-36-37-38-39-40-41-42-43-44-45-47-49-52-55-58-61-67(70)73-64-65(63-72-66(69)60-57-54-51-48-18-15-12-9-6-3)74-68(71)62-59-56-53-50-46-22-20-17-14-11-8-5-2/h65H,4-64H2,1-3H3. The van der Waals surface area contributed by atoms with Crippen LogP contribution < -0.4 is 0 Å². The fourth-order valence-electron chi connectivity index (χ4n) is 10.7. The van der Waals surface area contributed by atoms with Crippen molar-refractivity contribution in [3.8, 4) is 0 Å². The Hall–Kier alpha value is -1.59. The minimum Gasteiger partial charge on any atom is -0.462 e. The number of carbonyl (C=O) groups excluding carboxylic acids is 3. The van der Waals surface area contributed by atoms with Crippen LogP contribution in [0, 0.1) is 0 Å². The van der Waals surface area contributed by atoms with E-state index in [1.54, 1.807) is 0 Å². The predicted octanol–water partition coefficient (Wildman–Crippen LogP) is 23.1. The van der Waals surface area contributed by atoms with Gasteiger partial charge in [0.15, 0.2) is 6.10 Å². The Bertz CT molecular complexity index is 1110. The molecule has 440 valence electrons. The lowest BCUT2D eigenvalue weighted by Gasteiger charge is -2.18. The van der Waals surface area contributed by atoms with Crippen molar-refractivity contribution in [2.45, 2.75) is 406 Å². The van der Waals surface area contributed by atoms with E-state index >= 15 is 0 Å². The van der Waals surface area contributed by atoms with Crippen LogP contribution in [0.2, 0.25) is 0 Å². The van der Waals surface area contributed by atoms with Gasteiger partial charge in [-0.05, 0) is 19.3 Å². The zero-order valence-corrected chi connectivity index (χ0v) is 50.7. The molecule has 0 saturated carbocycles. The van der Waals surface area contributed by atoms with Gasteiger partial charge >= 0.3 is 17.9 Å². The molecule has 0 fully saturated rings. The van der Waals surface area contributed by atoms with Crippen molar-refractivity contribution in [1.82, 2.24) is 0 Å². The minimum atomic E-state index is -0.760. The molecule has 0 aromatic carbocycles. The highest BCUT2D eigenvalue weighted by molar-refractivity contribution is 5.71. The van der Waals surface area contributed by atoms with Crippen molar-refractivity contribution in [1.29, 1.82) is 0 Å². The minimum absolute atomic E-state index is 0.0615. The van der Waals surface area contributed by atoms with Crippen LogP contribution >= 0.6 is 0 Å². The largest absolute Gasteiger partial charge is 0.462 e. The zero-order valence-electron chi connectivity index (χ0n) is 50.7. The molecule has 0 saturated heterocycles. The molecule has 1 unspecified atom stereocenters. The molecule has 0 aliphatic heterocycles. The van der Waals surface area contributed by atoms with Crippen LogP contribution in [-0.2, 0) is 28.6 Å². The Morgan fingerprint density at radius 2 is 0.365 bits per heavy atom. The maximum absolute atomic E-state index is 12.8. The first-order valence-electron chi connectivity index (χ1n) is 34.0. The number of rotatable bonds is 64. The van der Waals surface area contributed by atoms with Gasteiger partial charge in [-0.15, -0.1) is 0 Å². The summed E-state index contributed by atoms with van der Waals surface area (Å²) in [6.45, 7) is 6.69. The van der Waals surface area contributed by atoms with Crippen LogP contribution in [-0.4, -0.2) is 37.2 Å². The van der Waals surface area contributed by atoms with Crippen LogP contribution in [0.4, 0.5) is 0 Å². The highest BCUT2D eigenvalue weighted by atomic mass is 16.6. The molecule has 1 atom stereocenters. The van der Waals surface area contributed by atoms with Gasteiger partial charge in [0.05, 0.1) is 0 Å². The van der Waals surface area contributed by atoms with E-state index in [0.29, 0.717) is 19.3 Å². The zero-order chi connectivity index (χ0) is 53.6. The Balaban J connectivity index is 3.87. The number of ether oxygens (including phenoxy) is 3. The Morgan fingerprint density at radius 3 is 0.541 bits per heavy atom. The van der Waals surface area contributed by atoms with E-state index < -0.39 is 6.10 Å². The summed E-state index contributed by atoms with van der Waals surface area (Å²) in [4.78, 5) is 38.1. The summed E-state index contributed by atoms with van der Waals surface area (Å²) in [5.74, 6) is -0.836. The second-order valence-electron chi connectivity index (χ2n) is 23.5. The van der Waals surface area contributed by atoms with Gasteiger partial charge in [0, 0.05) is 19.3 Å². The number of hydrogen-bond donors (Lipinski definition) is 0. The van der Waals surface area contributed by atoms with Gasteiger partial charge in [0.25, 0.3) is 0 Å². The van der Waals surface area contributed by atoms with E-state index in [1.807, 2.05) is 0 Å². The molecular weight excluding hydrogens is 913 g/mol. The van der Waals surface area contributed by atoms with Crippen LogP contribution in [0.5, 0.6) is 0 Å². The molecule has 0 spiro atoms. The average Bonchev–Trinajstić information content (AvgIpc) is 3.40. The second kappa shape index (κ2) is 63.9. The van der Waals surface area contributed by atoms with E-state index in [9.17, 15) is 14.4 Å². The molecule has 74 heavy (non-hydrogen) atoms. The molecule has 0 bridgehead atoms. The van der Waals surface area contributed by atoms with Gasteiger partial charge in [0.1, 0.15) is 13.2 Å². The molecule has 0 heterocycles. The molecule has 6 nitrogen and oxygen atoms in total. The summed E-state index contributed by atoms with van der Waals surface area (Å²) >= 11 is 0. The van der Waals surface area contributed by atoms with E-state index in [-0.39, 0.29) is 31.1 Å². The average molecular weight is 1050 g/mol. The fourth-order valence-corrected chi connectivity index (χ4v) is 10.7. The molecule has 0 aliphatic carbocycles. The lowest BCUT2D eigenvalue weighted by Crippen LogP contribution is -2.30. The summed E-state index contributed by atoms with van der Waals surface area (Å²) in [5.41, 5.74) is 0. The second-order valence-corrected chi connectivity index (χ2v) is 23.5. The normalized spacial score (nSPS) is 11.9. The molecule has 0 rings (SSSR count). The number of hydrogen-bond acceptors (Lipinski definition) is 6.